The molecule has 0 aliphatic carbocycles. The van der Waals surface area contributed by atoms with Gasteiger partial charge in [0, 0.05) is 140 Å². The van der Waals surface area contributed by atoms with Gasteiger partial charge in [0.25, 0.3) is 0 Å². The predicted molar refractivity (Wildman–Crippen MR) is 393 cm³/mol. The lowest BCUT2D eigenvalue weighted by Gasteiger charge is -2.41. The van der Waals surface area contributed by atoms with Gasteiger partial charge in [-0.25, -0.2) is 17.6 Å². The average molecular weight is 1410 g/mol. The second kappa shape index (κ2) is 39.6. The van der Waals surface area contributed by atoms with E-state index in [2.05, 4.69) is 40.4 Å². The smallest absolute Gasteiger partial charge is 0.227 e. The third-order valence-corrected chi connectivity index (χ3v) is 20.9. The highest BCUT2D eigenvalue weighted by atomic mass is 19.1. The summed E-state index contributed by atoms with van der Waals surface area (Å²) in [5, 5.41) is 0. The molecule has 0 saturated carbocycles. The summed E-state index contributed by atoms with van der Waals surface area (Å²) in [5.74, 6) is 2.98. The number of amides is 4. The van der Waals surface area contributed by atoms with Crippen LogP contribution in [0, 0.1) is 45.8 Å². The van der Waals surface area contributed by atoms with Crippen LogP contribution in [-0.4, -0.2) is 266 Å². The fourth-order valence-electron chi connectivity index (χ4n) is 15.2. The number of alkyl halides is 4. The summed E-state index contributed by atoms with van der Waals surface area (Å²) in [6.07, 6.45) is 8.76. The van der Waals surface area contributed by atoms with Crippen molar-refractivity contribution in [3.8, 4) is 0 Å². The lowest BCUT2D eigenvalue weighted by atomic mass is 9.90. The van der Waals surface area contributed by atoms with Gasteiger partial charge in [-0.05, 0) is 182 Å². The number of hydrogen-bond donors (Lipinski definition) is 0. The van der Waals surface area contributed by atoms with E-state index in [0.29, 0.717) is 43.9 Å². The average Bonchev–Trinajstić information content (AvgIpc) is 0.858. The first kappa shape index (κ1) is 86.9. The van der Waals surface area contributed by atoms with Gasteiger partial charge in [-0.2, -0.15) is 0 Å². The van der Waals surface area contributed by atoms with Crippen LogP contribution in [0.5, 0.6) is 0 Å². The summed E-state index contributed by atoms with van der Waals surface area (Å²) in [4.78, 5) is 65.7. The molecule has 8 atom stereocenters. The van der Waals surface area contributed by atoms with Crippen molar-refractivity contribution >= 4 is 23.6 Å². The third-order valence-electron chi connectivity index (χ3n) is 20.9. The van der Waals surface area contributed by atoms with Gasteiger partial charge in [0.05, 0.1) is 47.8 Å². The molecular weight excluding hydrogens is 1260 g/mol. The molecule has 8 fully saturated rings. The highest BCUT2D eigenvalue weighted by molar-refractivity contribution is 5.82. The molecule has 0 spiro atoms. The summed E-state index contributed by atoms with van der Waals surface area (Å²) in [5.41, 5.74) is -0.916. The van der Waals surface area contributed by atoms with E-state index in [4.69, 9.17) is 18.9 Å². The Morgan fingerprint density at radius 1 is 0.384 bits per heavy atom. The summed E-state index contributed by atoms with van der Waals surface area (Å²) >= 11 is 0. The maximum atomic E-state index is 14.6. The van der Waals surface area contributed by atoms with Gasteiger partial charge in [0.1, 0.15) is 24.7 Å². The molecule has 8 aliphatic heterocycles. The van der Waals surface area contributed by atoms with Gasteiger partial charge in [0.2, 0.25) is 23.6 Å². The standard InChI is InChI=1S/C21H39FN2O2.2C20H37FN2O2.C18H33FN2O2/c1-20(2,3)10-14-23-11-9-18(17(22)15-23)26-16-7-12-24(13-8-16)19(25)21(4,5)6;1-19(2,3)18(24)23-11-7-15(8-12-23)13-22-10-9-17(16(21)14-22)25-20(4,5)6;1-15(2)19(24)23-12-7-16(8-13-23)6-10-22-11-9-18(17(21)14-22)25-20(3,4)5;1-13(2)18(22)21-9-5-15(6-10-21)11-20-8-7-17(16(19)12-20)23-14(3)4/h16-18H,7-15H2,1-6H3;15-17H,7-14H2,1-6H3;15-18H,6-14H2,1-5H3;13-17H,5-12H2,1-4H3. The van der Waals surface area contributed by atoms with E-state index in [1.165, 1.54) is 0 Å². The van der Waals surface area contributed by atoms with Crippen molar-refractivity contribution in [2.45, 2.75) is 308 Å². The van der Waals surface area contributed by atoms with Crippen LogP contribution in [0.25, 0.3) is 0 Å². The number of carbonyl (C=O) groups is 4. The minimum atomic E-state index is -0.907. The maximum Gasteiger partial charge on any atom is 0.227 e. The Bertz CT molecular complexity index is 2360. The lowest BCUT2D eigenvalue weighted by molar-refractivity contribution is -0.145. The van der Waals surface area contributed by atoms with Gasteiger partial charge < -0.3 is 48.3 Å². The van der Waals surface area contributed by atoms with Crippen LogP contribution in [0.3, 0.4) is 0 Å². The molecule has 0 aromatic carbocycles. The van der Waals surface area contributed by atoms with Gasteiger partial charge in [-0.1, -0.05) is 90.0 Å². The number of likely N-dealkylation sites (tertiary alicyclic amines) is 8. The fourth-order valence-corrected chi connectivity index (χ4v) is 15.2. The molecule has 0 bridgehead atoms. The van der Waals surface area contributed by atoms with Gasteiger partial charge >= 0.3 is 0 Å². The molecule has 0 N–H and O–H groups in total. The number of hydrogen-bond acceptors (Lipinski definition) is 12. The molecule has 8 rings (SSSR count). The molecule has 0 radical (unpaired) electrons. The number of carbonyl (C=O) groups excluding carboxylic acids is 4. The second-order valence-corrected chi connectivity index (χ2v) is 36.9. The molecule has 8 heterocycles. The van der Waals surface area contributed by atoms with Crippen molar-refractivity contribution < 1.29 is 55.7 Å². The number of rotatable bonds is 17. The van der Waals surface area contributed by atoms with Crippen molar-refractivity contribution in [2.24, 2.45) is 45.8 Å². The van der Waals surface area contributed by atoms with Gasteiger partial charge in [-0.15, -0.1) is 0 Å². The van der Waals surface area contributed by atoms with Crippen LogP contribution in [-0.2, 0) is 38.1 Å². The van der Waals surface area contributed by atoms with E-state index in [9.17, 15) is 36.7 Å². The van der Waals surface area contributed by atoms with E-state index in [-0.39, 0.29) is 99.5 Å². The van der Waals surface area contributed by atoms with Crippen molar-refractivity contribution in [1.82, 2.24) is 39.2 Å². The van der Waals surface area contributed by atoms with E-state index in [1.807, 2.05) is 144 Å². The molecular formula is C79H146F4N8O8. The quantitative estimate of drug-likeness (QED) is 0.128. The number of nitrogens with zero attached hydrogens (tertiary/aromatic N) is 8. The van der Waals surface area contributed by atoms with Crippen LogP contribution in [0.2, 0.25) is 0 Å². The SMILES string of the molecule is CC(C)(C)CCN1CCC(OC2CCN(C(=O)C(C)(C)C)CC2)C(F)C1.CC(C)(C)OC1CCN(CC2CCN(C(=O)C(C)(C)C)CC2)CC1F.CC(C)C(=O)N1CCC(CCN2CCC(OC(C)(C)C)C(F)C2)CC1.CC(C)OC1CCN(CC2CCN(C(=O)C(C)C)CC2)CC1F. The van der Waals surface area contributed by atoms with Crippen molar-refractivity contribution in [1.29, 1.82) is 0 Å². The Labute approximate surface area is 600 Å². The van der Waals surface area contributed by atoms with Gasteiger partial charge in [-0.3, -0.25) is 29.0 Å². The lowest BCUT2D eigenvalue weighted by Crippen LogP contribution is -2.50. The van der Waals surface area contributed by atoms with Crippen LogP contribution < -0.4 is 0 Å². The molecule has 20 heteroatoms. The zero-order valence-electron chi connectivity index (χ0n) is 66.6. The zero-order valence-corrected chi connectivity index (χ0v) is 66.6. The Hall–Kier alpha value is -2.72. The highest BCUT2D eigenvalue weighted by Gasteiger charge is 2.40. The van der Waals surface area contributed by atoms with Crippen LogP contribution in [0.15, 0.2) is 0 Å². The molecule has 0 aromatic rings. The third kappa shape index (κ3) is 31.5. The molecule has 16 nitrogen and oxygen atoms in total. The molecule has 8 unspecified atom stereocenters. The zero-order chi connectivity index (χ0) is 74.0. The minimum Gasteiger partial charge on any atom is -0.372 e. The molecule has 8 saturated heterocycles. The Morgan fingerprint density at radius 3 is 1.05 bits per heavy atom. The first-order valence-electron chi connectivity index (χ1n) is 39.2. The molecule has 0 aromatic heterocycles. The van der Waals surface area contributed by atoms with Gasteiger partial charge in [0.15, 0.2) is 0 Å². The molecule has 99 heavy (non-hydrogen) atoms. The largest absolute Gasteiger partial charge is 0.372 e. The van der Waals surface area contributed by atoms with E-state index >= 15 is 0 Å². The number of ether oxygens (including phenoxy) is 4. The molecule has 578 valence electrons. The Kier molecular flexibility index (Phi) is 34.7. The maximum absolute atomic E-state index is 14.6. The molecule has 8 aliphatic rings. The fraction of sp³-hybridized carbons (Fsp3) is 0.949. The van der Waals surface area contributed by atoms with Crippen LogP contribution >= 0.6 is 0 Å². The highest BCUT2D eigenvalue weighted by Crippen LogP contribution is 2.32. The number of halogens is 4. The Morgan fingerprint density at radius 2 is 0.707 bits per heavy atom. The van der Waals surface area contributed by atoms with E-state index in [0.717, 1.165) is 195 Å². The topological polar surface area (TPSA) is 131 Å². The summed E-state index contributed by atoms with van der Waals surface area (Å²) in [7, 11) is 0. The monoisotopic (exact) mass is 1410 g/mol. The van der Waals surface area contributed by atoms with Crippen molar-refractivity contribution in [3.63, 3.8) is 0 Å². The number of piperidine rings is 8. The van der Waals surface area contributed by atoms with Crippen LogP contribution in [0.1, 0.15) is 235 Å². The van der Waals surface area contributed by atoms with Crippen molar-refractivity contribution in [2.75, 3.05) is 131 Å². The first-order chi connectivity index (χ1) is 45.9. The first-order valence-corrected chi connectivity index (χ1v) is 39.2. The summed E-state index contributed by atoms with van der Waals surface area (Å²) in [6.45, 7) is 58.2. The summed E-state index contributed by atoms with van der Waals surface area (Å²) in [6, 6.07) is 0. The van der Waals surface area contributed by atoms with Crippen molar-refractivity contribution in [3.05, 3.63) is 0 Å². The van der Waals surface area contributed by atoms with E-state index in [1.54, 1.807) is 0 Å². The normalized spacial score (nSPS) is 27.4. The van der Waals surface area contributed by atoms with E-state index < -0.39 is 24.7 Å². The molecule has 4 amide bonds. The van der Waals surface area contributed by atoms with Crippen LogP contribution in [0.4, 0.5) is 17.6 Å². The minimum absolute atomic E-state index is 0.0823. The Balaban J connectivity index is 0.000000238. The predicted octanol–water partition coefficient (Wildman–Crippen LogP) is 13.6. The second-order valence-electron chi connectivity index (χ2n) is 36.9. The summed E-state index contributed by atoms with van der Waals surface area (Å²) < 4.78 is 81.2.